The fraction of sp³-hybridized carbons (Fsp3) is 0.211. The fourth-order valence-corrected chi connectivity index (χ4v) is 2.35. The molecule has 1 amide bonds. The molecule has 1 atom stereocenters. The lowest BCUT2D eigenvalue weighted by molar-refractivity contribution is -0.124. The number of amides is 1. The van der Waals surface area contributed by atoms with Crippen molar-refractivity contribution in [1.82, 2.24) is 0 Å². The van der Waals surface area contributed by atoms with Crippen LogP contribution in [0, 0.1) is 11.8 Å². The lowest BCUT2D eigenvalue weighted by atomic mass is 10.1. The Morgan fingerprint density at radius 3 is 2.59 bits per heavy atom. The van der Waals surface area contributed by atoms with Crippen molar-refractivity contribution in [3.05, 3.63) is 65.7 Å². The minimum absolute atomic E-state index is 0.0781. The van der Waals surface area contributed by atoms with Gasteiger partial charge in [0.15, 0.2) is 0 Å². The number of hydrogen-bond acceptors (Lipinski definition) is 2. The predicted octanol–water partition coefficient (Wildman–Crippen LogP) is 3.20. The lowest BCUT2D eigenvalue weighted by Gasteiger charge is -2.10. The zero-order valence-corrected chi connectivity index (χ0v) is 12.2. The fourth-order valence-electron chi connectivity index (χ4n) is 2.35. The zero-order chi connectivity index (χ0) is 15.2. The van der Waals surface area contributed by atoms with E-state index in [1.807, 2.05) is 54.6 Å². The van der Waals surface area contributed by atoms with Crippen LogP contribution < -0.4 is 5.32 Å². The first-order valence-electron chi connectivity index (χ1n) is 7.41. The number of nitrogens with one attached hydrogen (secondary N) is 1. The second-order valence-electron chi connectivity index (χ2n) is 5.19. The molecule has 3 nitrogen and oxygen atoms in total. The van der Waals surface area contributed by atoms with Crippen molar-refractivity contribution in [3.8, 4) is 11.8 Å². The highest BCUT2D eigenvalue weighted by atomic mass is 16.5. The molecule has 0 spiro atoms. The summed E-state index contributed by atoms with van der Waals surface area (Å²) in [6, 6.07) is 17.4. The summed E-state index contributed by atoms with van der Waals surface area (Å²) >= 11 is 0. The number of rotatable bonds is 2. The van der Waals surface area contributed by atoms with Crippen LogP contribution >= 0.6 is 0 Å². The largest absolute Gasteiger partial charge is 0.368 e. The quantitative estimate of drug-likeness (QED) is 0.863. The summed E-state index contributed by atoms with van der Waals surface area (Å²) < 4.78 is 5.38. The number of anilines is 1. The van der Waals surface area contributed by atoms with Gasteiger partial charge in [0.05, 0.1) is 0 Å². The summed E-state index contributed by atoms with van der Waals surface area (Å²) in [4.78, 5) is 12.0. The molecule has 1 aliphatic heterocycles. The van der Waals surface area contributed by atoms with E-state index in [9.17, 15) is 4.79 Å². The SMILES string of the molecule is O=C(Nc1cccc(C#Cc2ccccc2)c1)[C@H]1CCCO1. The average Bonchev–Trinajstić information content (AvgIpc) is 3.09. The number of benzene rings is 2. The lowest BCUT2D eigenvalue weighted by Crippen LogP contribution is -2.26. The van der Waals surface area contributed by atoms with E-state index in [2.05, 4.69) is 17.2 Å². The number of ether oxygens (including phenoxy) is 1. The Labute approximate surface area is 130 Å². The minimum atomic E-state index is -0.320. The molecule has 0 radical (unpaired) electrons. The van der Waals surface area contributed by atoms with Crippen molar-refractivity contribution >= 4 is 11.6 Å². The van der Waals surface area contributed by atoms with E-state index in [1.165, 1.54) is 0 Å². The Kier molecular flexibility index (Phi) is 4.53. The summed E-state index contributed by atoms with van der Waals surface area (Å²) in [5, 5.41) is 2.89. The second kappa shape index (κ2) is 6.93. The van der Waals surface area contributed by atoms with E-state index in [-0.39, 0.29) is 12.0 Å². The highest BCUT2D eigenvalue weighted by Crippen LogP contribution is 2.16. The minimum Gasteiger partial charge on any atom is -0.368 e. The van der Waals surface area contributed by atoms with Crippen LogP contribution in [-0.4, -0.2) is 18.6 Å². The topological polar surface area (TPSA) is 38.3 Å². The van der Waals surface area contributed by atoms with Crippen molar-refractivity contribution in [3.63, 3.8) is 0 Å². The molecule has 1 fully saturated rings. The molecular formula is C19H17NO2. The van der Waals surface area contributed by atoms with Crippen molar-refractivity contribution in [2.24, 2.45) is 0 Å². The molecule has 3 heteroatoms. The molecule has 1 saturated heterocycles. The van der Waals surface area contributed by atoms with Crippen LogP contribution in [0.4, 0.5) is 5.69 Å². The van der Waals surface area contributed by atoms with Crippen molar-refractivity contribution in [2.75, 3.05) is 11.9 Å². The molecular weight excluding hydrogens is 274 g/mol. The molecule has 110 valence electrons. The summed E-state index contributed by atoms with van der Waals surface area (Å²) in [6.07, 6.45) is 1.42. The van der Waals surface area contributed by atoms with Gasteiger partial charge in [0.2, 0.25) is 0 Å². The highest BCUT2D eigenvalue weighted by molar-refractivity contribution is 5.94. The first-order valence-corrected chi connectivity index (χ1v) is 7.41. The number of carbonyl (C=O) groups excluding carboxylic acids is 1. The van der Waals surface area contributed by atoms with Crippen molar-refractivity contribution in [2.45, 2.75) is 18.9 Å². The molecule has 0 bridgehead atoms. The van der Waals surface area contributed by atoms with Gasteiger partial charge in [-0.25, -0.2) is 0 Å². The van der Waals surface area contributed by atoms with Crippen LogP contribution in [0.25, 0.3) is 0 Å². The summed E-state index contributed by atoms with van der Waals surface area (Å²) in [5.74, 6) is 6.14. The standard InChI is InChI=1S/C19H17NO2/c21-19(18-10-5-13-22-18)20-17-9-4-8-16(14-17)12-11-15-6-2-1-3-7-15/h1-4,6-9,14,18H,5,10,13H2,(H,20,21)/t18-/m1/s1. The van der Waals surface area contributed by atoms with E-state index < -0.39 is 0 Å². The van der Waals surface area contributed by atoms with Crippen LogP contribution in [0.5, 0.6) is 0 Å². The molecule has 2 aromatic carbocycles. The number of hydrogen-bond donors (Lipinski definition) is 1. The summed E-state index contributed by atoms with van der Waals surface area (Å²) in [7, 11) is 0. The van der Waals surface area contributed by atoms with Gasteiger partial charge in [0, 0.05) is 23.4 Å². The third kappa shape index (κ3) is 3.75. The Hall–Kier alpha value is -2.57. The van der Waals surface area contributed by atoms with E-state index in [1.54, 1.807) is 0 Å². The van der Waals surface area contributed by atoms with Gasteiger partial charge < -0.3 is 10.1 Å². The smallest absolute Gasteiger partial charge is 0.253 e. The normalized spacial score (nSPS) is 16.6. The molecule has 3 rings (SSSR count). The molecule has 2 aromatic rings. The van der Waals surface area contributed by atoms with Gasteiger partial charge in [-0.1, -0.05) is 36.1 Å². The maximum atomic E-state index is 12.0. The van der Waals surface area contributed by atoms with Crippen LogP contribution in [0.3, 0.4) is 0 Å². The molecule has 0 aromatic heterocycles. The summed E-state index contributed by atoms with van der Waals surface area (Å²) in [6.45, 7) is 0.667. The third-order valence-corrected chi connectivity index (χ3v) is 3.48. The molecule has 1 aliphatic rings. The first kappa shape index (κ1) is 14.4. The molecule has 0 saturated carbocycles. The number of carbonyl (C=O) groups is 1. The Bertz CT molecular complexity index is 707. The molecule has 1 heterocycles. The van der Waals surface area contributed by atoms with E-state index >= 15 is 0 Å². The summed E-state index contributed by atoms with van der Waals surface area (Å²) in [5.41, 5.74) is 2.59. The molecule has 0 aliphatic carbocycles. The van der Waals surface area contributed by atoms with Crippen LogP contribution in [0.1, 0.15) is 24.0 Å². The highest BCUT2D eigenvalue weighted by Gasteiger charge is 2.23. The first-order chi connectivity index (χ1) is 10.8. The van der Waals surface area contributed by atoms with Gasteiger partial charge in [-0.2, -0.15) is 0 Å². The van der Waals surface area contributed by atoms with E-state index in [4.69, 9.17) is 4.74 Å². The van der Waals surface area contributed by atoms with Crippen LogP contribution in [-0.2, 0) is 9.53 Å². The van der Waals surface area contributed by atoms with Gasteiger partial charge in [-0.15, -0.1) is 0 Å². The Morgan fingerprint density at radius 2 is 1.82 bits per heavy atom. The molecule has 1 N–H and O–H groups in total. The predicted molar refractivity (Wildman–Crippen MR) is 86.5 cm³/mol. The molecule has 0 unspecified atom stereocenters. The van der Waals surface area contributed by atoms with Crippen molar-refractivity contribution < 1.29 is 9.53 Å². The molecule has 22 heavy (non-hydrogen) atoms. The van der Waals surface area contributed by atoms with Crippen molar-refractivity contribution in [1.29, 1.82) is 0 Å². The maximum Gasteiger partial charge on any atom is 0.253 e. The van der Waals surface area contributed by atoms with Gasteiger partial charge in [-0.3, -0.25) is 4.79 Å². The Balaban J connectivity index is 1.70. The van der Waals surface area contributed by atoms with E-state index in [0.717, 1.165) is 29.7 Å². The average molecular weight is 291 g/mol. The monoisotopic (exact) mass is 291 g/mol. The zero-order valence-electron chi connectivity index (χ0n) is 12.2. The third-order valence-electron chi connectivity index (χ3n) is 3.48. The van der Waals surface area contributed by atoms with E-state index in [0.29, 0.717) is 6.61 Å². The van der Waals surface area contributed by atoms with Gasteiger partial charge >= 0.3 is 0 Å². The van der Waals surface area contributed by atoms with Gasteiger partial charge in [0.1, 0.15) is 6.10 Å². The van der Waals surface area contributed by atoms with Gasteiger partial charge in [-0.05, 0) is 43.2 Å². The van der Waals surface area contributed by atoms with Crippen LogP contribution in [0.2, 0.25) is 0 Å². The Morgan fingerprint density at radius 1 is 1.05 bits per heavy atom. The second-order valence-corrected chi connectivity index (χ2v) is 5.19. The van der Waals surface area contributed by atoms with Gasteiger partial charge in [0.25, 0.3) is 5.91 Å². The van der Waals surface area contributed by atoms with Crippen LogP contribution in [0.15, 0.2) is 54.6 Å². The maximum absolute atomic E-state index is 12.0.